The van der Waals surface area contributed by atoms with Gasteiger partial charge in [0.15, 0.2) is 5.79 Å². The molecule has 0 aromatic heterocycles. The van der Waals surface area contributed by atoms with E-state index in [4.69, 9.17) is 9.47 Å². The van der Waals surface area contributed by atoms with Gasteiger partial charge in [-0.25, -0.2) is 0 Å². The topological polar surface area (TPSA) is 18.5 Å². The highest BCUT2D eigenvalue weighted by molar-refractivity contribution is 4.79. The van der Waals surface area contributed by atoms with E-state index in [2.05, 4.69) is 6.92 Å². The van der Waals surface area contributed by atoms with E-state index in [1.165, 1.54) is 25.7 Å². The van der Waals surface area contributed by atoms with Gasteiger partial charge in [0.2, 0.25) is 0 Å². The third-order valence-electron chi connectivity index (χ3n) is 2.90. The van der Waals surface area contributed by atoms with Gasteiger partial charge in [-0.1, -0.05) is 0 Å². The molecule has 0 amide bonds. The highest BCUT2D eigenvalue weighted by atomic mass is 16.7. The molecule has 2 fully saturated rings. The largest absolute Gasteiger partial charge is 0.350 e. The number of ether oxygens (including phenoxy) is 2. The van der Waals surface area contributed by atoms with Gasteiger partial charge < -0.3 is 9.47 Å². The molecular weight excluding hydrogens is 152 g/mol. The molecule has 0 N–H and O–H groups in total. The second-order valence-electron chi connectivity index (χ2n) is 4.04. The van der Waals surface area contributed by atoms with Crippen molar-refractivity contribution in [3.05, 3.63) is 0 Å². The molecule has 12 heavy (non-hydrogen) atoms. The van der Waals surface area contributed by atoms with Crippen LogP contribution >= 0.6 is 0 Å². The Morgan fingerprint density at radius 2 is 2.00 bits per heavy atom. The second-order valence-corrected chi connectivity index (χ2v) is 4.04. The van der Waals surface area contributed by atoms with Gasteiger partial charge in [0, 0.05) is 12.8 Å². The van der Waals surface area contributed by atoms with Crippen LogP contribution in [0.4, 0.5) is 0 Å². The fourth-order valence-corrected chi connectivity index (χ4v) is 2.26. The van der Waals surface area contributed by atoms with E-state index in [-0.39, 0.29) is 5.79 Å². The minimum absolute atomic E-state index is 0.171. The fraction of sp³-hybridized carbons (Fsp3) is 1.00. The van der Waals surface area contributed by atoms with Crippen molar-refractivity contribution < 1.29 is 9.47 Å². The van der Waals surface area contributed by atoms with Gasteiger partial charge in [-0.15, -0.1) is 0 Å². The molecule has 2 atom stereocenters. The van der Waals surface area contributed by atoms with Crippen LogP contribution in [0.3, 0.4) is 0 Å². The van der Waals surface area contributed by atoms with Crippen LogP contribution in [0.1, 0.15) is 45.4 Å². The monoisotopic (exact) mass is 170 g/mol. The summed E-state index contributed by atoms with van der Waals surface area (Å²) in [5.74, 6) is -0.171. The van der Waals surface area contributed by atoms with E-state index < -0.39 is 0 Å². The van der Waals surface area contributed by atoms with E-state index in [9.17, 15) is 0 Å². The van der Waals surface area contributed by atoms with E-state index >= 15 is 0 Å². The molecule has 0 saturated carbocycles. The van der Waals surface area contributed by atoms with Crippen molar-refractivity contribution in [1.29, 1.82) is 0 Å². The van der Waals surface area contributed by atoms with Crippen LogP contribution < -0.4 is 0 Å². The van der Waals surface area contributed by atoms with Gasteiger partial charge in [0.25, 0.3) is 0 Å². The summed E-state index contributed by atoms with van der Waals surface area (Å²) in [7, 11) is 0. The lowest BCUT2D eigenvalue weighted by atomic mass is 9.95. The summed E-state index contributed by atoms with van der Waals surface area (Å²) in [4.78, 5) is 0. The second kappa shape index (κ2) is 3.35. The molecule has 2 heteroatoms. The Morgan fingerprint density at radius 3 is 2.67 bits per heavy atom. The molecule has 0 aromatic rings. The molecule has 0 bridgehead atoms. The van der Waals surface area contributed by atoms with Gasteiger partial charge in [-0.05, 0) is 32.6 Å². The summed E-state index contributed by atoms with van der Waals surface area (Å²) in [6.45, 7) is 3.05. The van der Waals surface area contributed by atoms with Gasteiger partial charge in [-0.3, -0.25) is 0 Å². The van der Waals surface area contributed by atoms with Crippen molar-refractivity contribution in [1.82, 2.24) is 0 Å². The molecule has 2 heterocycles. The fourth-order valence-electron chi connectivity index (χ4n) is 2.26. The van der Waals surface area contributed by atoms with Crippen LogP contribution in [-0.4, -0.2) is 18.5 Å². The Kier molecular flexibility index (Phi) is 2.37. The Labute approximate surface area is 74.2 Å². The molecule has 0 unspecified atom stereocenters. The zero-order valence-corrected chi connectivity index (χ0v) is 7.84. The minimum Gasteiger partial charge on any atom is -0.350 e. The van der Waals surface area contributed by atoms with Crippen LogP contribution in [0.2, 0.25) is 0 Å². The summed E-state index contributed by atoms with van der Waals surface area (Å²) in [6, 6.07) is 0. The predicted octanol–water partition coefficient (Wildman–Crippen LogP) is 2.47. The quantitative estimate of drug-likeness (QED) is 0.556. The number of hydrogen-bond acceptors (Lipinski definition) is 2. The third-order valence-corrected chi connectivity index (χ3v) is 2.90. The molecule has 2 aliphatic heterocycles. The maximum atomic E-state index is 5.89. The molecule has 0 aromatic carbocycles. The lowest BCUT2D eigenvalue weighted by Crippen LogP contribution is -2.44. The Bertz CT molecular complexity index is 144. The molecule has 1 spiro atoms. The first-order valence-electron chi connectivity index (χ1n) is 5.13. The van der Waals surface area contributed by atoms with E-state index in [1.54, 1.807) is 0 Å². The van der Waals surface area contributed by atoms with E-state index in [0.29, 0.717) is 6.10 Å². The average molecular weight is 170 g/mol. The third kappa shape index (κ3) is 1.64. The normalized spacial score (nSPS) is 43.2. The van der Waals surface area contributed by atoms with Gasteiger partial charge in [0.1, 0.15) is 0 Å². The minimum atomic E-state index is -0.171. The standard InChI is InChI=1S/C10H18O2/c1-9-5-4-7-10(12-9)6-2-3-8-11-10/h9H,2-8H2,1H3/t9-,10-/m1/s1. The summed E-state index contributed by atoms with van der Waals surface area (Å²) in [6.07, 6.45) is 7.56. The Hall–Kier alpha value is -0.0800. The zero-order valence-electron chi connectivity index (χ0n) is 7.84. The SMILES string of the molecule is C[C@@H]1CCC[C@@]2(CCCCO2)O1. The smallest absolute Gasteiger partial charge is 0.168 e. The van der Waals surface area contributed by atoms with Crippen LogP contribution in [0.15, 0.2) is 0 Å². The first-order chi connectivity index (χ1) is 5.81. The Morgan fingerprint density at radius 1 is 1.17 bits per heavy atom. The van der Waals surface area contributed by atoms with Crippen molar-refractivity contribution in [2.45, 2.75) is 57.3 Å². The van der Waals surface area contributed by atoms with Crippen molar-refractivity contribution in [3.8, 4) is 0 Å². The molecule has 0 radical (unpaired) electrons. The van der Waals surface area contributed by atoms with Crippen LogP contribution in [0.5, 0.6) is 0 Å². The van der Waals surface area contributed by atoms with Crippen LogP contribution in [0.25, 0.3) is 0 Å². The van der Waals surface area contributed by atoms with Crippen LogP contribution in [-0.2, 0) is 9.47 Å². The molecule has 0 aliphatic carbocycles. The first-order valence-corrected chi connectivity index (χ1v) is 5.13. The number of hydrogen-bond donors (Lipinski definition) is 0. The molecule has 2 nitrogen and oxygen atoms in total. The van der Waals surface area contributed by atoms with Gasteiger partial charge >= 0.3 is 0 Å². The first kappa shape index (κ1) is 8.52. The lowest BCUT2D eigenvalue weighted by molar-refractivity contribution is -0.291. The Balaban J connectivity index is 1.97. The van der Waals surface area contributed by atoms with E-state index in [0.717, 1.165) is 19.4 Å². The highest BCUT2D eigenvalue weighted by Crippen LogP contribution is 2.36. The van der Waals surface area contributed by atoms with Crippen molar-refractivity contribution in [2.24, 2.45) is 0 Å². The summed E-state index contributed by atoms with van der Waals surface area (Å²) in [5.41, 5.74) is 0. The van der Waals surface area contributed by atoms with E-state index in [1.807, 2.05) is 0 Å². The lowest BCUT2D eigenvalue weighted by Gasteiger charge is -2.42. The summed E-state index contributed by atoms with van der Waals surface area (Å²) >= 11 is 0. The average Bonchev–Trinajstić information content (AvgIpc) is 2.05. The van der Waals surface area contributed by atoms with Crippen molar-refractivity contribution in [2.75, 3.05) is 6.61 Å². The van der Waals surface area contributed by atoms with Crippen molar-refractivity contribution in [3.63, 3.8) is 0 Å². The van der Waals surface area contributed by atoms with Gasteiger partial charge in [-0.2, -0.15) is 0 Å². The molecule has 70 valence electrons. The molecule has 2 aliphatic rings. The van der Waals surface area contributed by atoms with Crippen molar-refractivity contribution >= 4 is 0 Å². The van der Waals surface area contributed by atoms with Crippen LogP contribution in [0, 0.1) is 0 Å². The highest BCUT2D eigenvalue weighted by Gasteiger charge is 2.38. The maximum Gasteiger partial charge on any atom is 0.168 e. The zero-order chi connectivity index (χ0) is 8.44. The molecular formula is C10H18O2. The summed E-state index contributed by atoms with van der Waals surface area (Å²) in [5, 5.41) is 0. The number of rotatable bonds is 0. The van der Waals surface area contributed by atoms with Gasteiger partial charge in [0.05, 0.1) is 12.7 Å². The predicted molar refractivity (Wildman–Crippen MR) is 46.9 cm³/mol. The maximum absolute atomic E-state index is 5.89. The molecule has 2 rings (SSSR count). The summed E-state index contributed by atoms with van der Waals surface area (Å²) < 4.78 is 11.6. The molecule has 2 saturated heterocycles.